The number of methoxy groups -OCH3 is 1. The average Bonchev–Trinajstić information content (AvgIpc) is 2.61. The van der Waals surface area contributed by atoms with E-state index >= 15 is 0 Å². The summed E-state index contributed by atoms with van der Waals surface area (Å²) in [6, 6.07) is 4.22. The van der Waals surface area contributed by atoms with Crippen LogP contribution in [0.15, 0.2) is 18.2 Å². The maximum Gasteiger partial charge on any atom is 0.408 e. The number of alkyl carbamates (subject to hydrolysis) is 1. The molecule has 1 atom stereocenters. The molecule has 0 unspecified atom stereocenters. The molecular formula is C19H28N2O6. The summed E-state index contributed by atoms with van der Waals surface area (Å²) in [6.45, 7) is 7.77. The number of amides is 1. The highest BCUT2D eigenvalue weighted by Crippen LogP contribution is 2.29. The third kappa shape index (κ3) is 6.32. The van der Waals surface area contributed by atoms with E-state index in [2.05, 4.69) is 5.32 Å². The molecule has 8 nitrogen and oxygen atoms in total. The summed E-state index contributed by atoms with van der Waals surface area (Å²) in [6.07, 6.45) is -0.478. The fraction of sp³-hybridized carbons (Fsp3) is 0.579. The van der Waals surface area contributed by atoms with Crippen molar-refractivity contribution in [2.75, 3.05) is 38.3 Å². The van der Waals surface area contributed by atoms with Gasteiger partial charge in [-0.25, -0.2) is 9.59 Å². The first-order chi connectivity index (χ1) is 12.7. The maximum atomic E-state index is 12.1. The van der Waals surface area contributed by atoms with Gasteiger partial charge in [-0.2, -0.15) is 0 Å². The zero-order valence-corrected chi connectivity index (χ0v) is 16.3. The largest absolute Gasteiger partial charge is 0.506 e. The summed E-state index contributed by atoms with van der Waals surface area (Å²) in [5.41, 5.74) is 0.782. The number of carbonyl (C=O) groups excluding carboxylic acids is 2. The molecule has 0 bridgehead atoms. The van der Waals surface area contributed by atoms with Crippen molar-refractivity contribution in [1.29, 1.82) is 0 Å². The van der Waals surface area contributed by atoms with Crippen molar-refractivity contribution in [2.45, 2.75) is 38.8 Å². The quantitative estimate of drug-likeness (QED) is 0.752. The number of benzene rings is 1. The molecule has 8 heteroatoms. The van der Waals surface area contributed by atoms with Crippen molar-refractivity contribution in [3.05, 3.63) is 23.8 Å². The number of nitrogens with zero attached hydrogens (tertiary/aromatic N) is 1. The molecule has 1 aromatic rings. The highest BCUT2D eigenvalue weighted by molar-refractivity contribution is 5.81. The van der Waals surface area contributed by atoms with Gasteiger partial charge in [-0.15, -0.1) is 0 Å². The van der Waals surface area contributed by atoms with Crippen molar-refractivity contribution in [3.63, 3.8) is 0 Å². The lowest BCUT2D eigenvalue weighted by molar-refractivity contribution is -0.143. The molecule has 2 N–H and O–H groups in total. The summed E-state index contributed by atoms with van der Waals surface area (Å²) in [5, 5.41) is 12.7. The number of phenolic OH excluding ortho intramolecular Hbond substituents is 1. The van der Waals surface area contributed by atoms with E-state index in [9.17, 15) is 14.7 Å². The normalized spacial score (nSPS) is 15.8. The Morgan fingerprint density at radius 1 is 1.30 bits per heavy atom. The van der Waals surface area contributed by atoms with E-state index in [4.69, 9.17) is 14.2 Å². The van der Waals surface area contributed by atoms with Crippen LogP contribution in [-0.4, -0.2) is 62.2 Å². The van der Waals surface area contributed by atoms with Crippen molar-refractivity contribution < 1.29 is 28.9 Å². The number of nitrogens with one attached hydrogen (secondary N) is 1. The molecule has 150 valence electrons. The van der Waals surface area contributed by atoms with Gasteiger partial charge in [0.1, 0.15) is 17.4 Å². The van der Waals surface area contributed by atoms with Crippen LogP contribution in [0.25, 0.3) is 0 Å². The smallest absolute Gasteiger partial charge is 0.408 e. The molecule has 2 rings (SSSR count). The second kappa shape index (κ2) is 8.94. The van der Waals surface area contributed by atoms with Gasteiger partial charge in [0.2, 0.25) is 0 Å². The van der Waals surface area contributed by atoms with Gasteiger partial charge in [-0.1, -0.05) is 6.07 Å². The second-order valence-corrected chi connectivity index (χ2v) is 7.35. The van der Waals surface area contributed by atoms with Gasteiger partial charge in [0.25, 0.3) is 0 Å². The van der Waals surface area contributed by atoms with Gasteiger partial charge in [-0.3, -0.25) is 0 Å². The molecule has 1 saturated heterocycles. The van der Waals surface area contributed by atoms with Gasteiger partial charge in [-0.05, 0) is 38.5 Å². The second-order valence-electron chi connectivity index (χ2n) is 7.35. The first-order valence-corrected chi connectivity index (χ1v) is 8.91. The van der Waals surface area contributed by atoms with Crippen LogP contribution in [0.1, 0.15) is 26.3 Å². The molecule has 1 fully saturated rings. The van der Waals surface area contributed by atoms with Crippen LogP contribution >= 0.6 is 0 Å². The van der Waals surface area contributed by atoms with Gasteiger partial charge in [0.05, 0.1) is 26.0 Å². The minimum Gasteiger partial charge on any atom is -0.506 e. The minimum absolute atomic E-state index is 0.162. The van der Waals surface area contributed by atoms with Gasteiger partial charge in [0, 0.05) is 19.5 Å². The molecule has 1 heterocycles. The molecular weight excluding hydrogens is 352 g/mol. The Balaban J connectivity index is 2.14. The van der Waals surface area contributed by atoms with Crippen LogP contribution in [0.2, 0.25) is 0 Å². The average molecular weight is 380 g/mol. The number of anilines is 1. The molecule has 1 aromatic carbocycles. The molecule has 1 aliphatic heterocycles. The van der Waals surface area contributed by atoms with Crippen molar-refractivity contribution in [3.8, 4) is 5.75 Å². The van der Waals surface area contributed by atoms with E-state index in [1.54, 1.807) is 32.9 Å². The van der Waals surface area contributed by atoms with E-state index in [0.717, 1.165) is 5.56 Å². The van der Waals surface area contributed by atoms with Crippen molar-refractivity contribution in [1.82, 2.24) is 5.32 Å². The first kappa shape index (κ1) is 20.8. The Hall–Kier alpha value is -2.48. The fourth-order valence-corrected chi connectivity index (χ4v) is 2.77. The summed E-state index contributed by atoms with van der Waals surface area (Å²) >= 11 is 0. The lowest BCUT2D eigenvalue weighted by Crippen LogP contribution is -2.45. The Kier molecular flexibility index (Phi) is 6.90. The molecule has 1 aliphatic rings. The number of hydrogen-bond acceptors (Lipinski definition) is 7. The third-order valence-corrected chi connectivity index (χ3v) is 4.01. The monoisotopic (exact) mass is 380 g/mol. The molecule has 1 amide bonds. The summed E-state index contributed by atoms with van der Waals surface area (Å²) in [7, 11) is 1.27. The van der Waals surface area contributed by atoms with E-state index in [-0.39, 0.29) is 12.2 Å². The molecule has 0 radical (unpaired) electrons. The van der Waals surface area contributed by atoms with Gasteiger partial charge >= 0.3 is 12.1 Å². The van der Waals surface area contributed by atoms with Crippen LogP contribution in [0, 0.1) is 0 Å². The Bertz CT molecular complexity index is 665. The number of carbonyl (C=O) groups is 2. The number of ether oxygens (including phenoxy) is 3. The third-order valence-electron chi connectivity index (χ3n) is 4.01. The predicted octanol–water partition coefficient (Wildman–Crippen LogP) is 1.84. The van der Waals surface area contributed by atoms with E-state index < -0.39 is 23.7 Å². The zero-order chi connectivity index (χ0) is 20.0. The highest BCUT2D eigenvalue weighted by atomic mass is 16.6. The van der Waals surface area contributed by atoms with E-state index in [1.165, 1.54) is 7.11 Å². The molecule has 0 saturated carbocycles. The number of hydrogen-bond donors (Lipinski definition) is 2. The lowest BCUT2D eigenvalue weighted by Gasteiger charge is -2.30. The zero-order valence-electron chi connectivity index (χ0n) is 16.3. The Labute approximate surface area is 159 Å². The Morgan fingerprint density at radius 2 is 1.96 bits per heavy atom. The van der Waals surface area contributed by atoms with Crippen LogP contribution < -0.4 is 10.2 Å². The molecule has 0 spiro atoms. The lowest BCUT2D eigenvalue weighted by atomic mass is 10.0. The van der Waals surface area contributed by atoms with E-state index in [0.29, 0.717) is 32.0 Å². The summed E-state index contributed by atoms with van der Waals surface area (Å²) in [4.78, 5) is 26.2. The van der Waals surface area contributed by atoms with Gasteiger partial charge in [0.15, 0.2) is 0 Å². The highest BCUT2D eigenvalue weighted by Gasteiger charge is 2.26. The molecule has 0 aliphatic carbocycles. The predicted molar refractivity (Wildman–Crippen MR) is 100 cm³/mol. The number of rotatable bonds is 5. The van der Waals surface area contributed by atoms with Gasteiger partial charge < -0.3 is 29.5 Å². The molecule has 0 aromatic heterocycles. The standard InChI is InChI=1S/C19H28N2O6/c1-19(2,3)27-18(24)20-14(17(23)25-4)11-13-5-6-16(22)15(12-13)21-7-9-26-10-8-21/h5-6,12,14,22H,7-11H2,1-4H3,(H,20,24)/t14-/m0/s1. The molecule has 27 heavy (non-hydrogen) atoms. The minimum atomic E-state index is -0.896. The number of esters is 1. The fourth-order valence-electron chi connectivity index (χ4n) is 2.77. The Morgan fingerprint density at radius 3 is 2.56 bits per heavy atom. The van der Waals surface area contributed by atoms with Crippen molar-refractivity contribution in [2.24, 2.45) is 0 Å². The van der Waals surface area contributed by atoms with Crippen LogP contribution in [-0.2, 0) is 25.4 Å². The number of aromatic hydroxyl groups is 1. The SMILES string of the molecule is COC(=O)[C@H](Cc1ccc(O)c(N2CCOCC2)c1)NC(=O)OC(C)(C)C. The van der Waals surface area contributed by atoms with Crippen LogP contribution in [0.4, 0.5) is 10.5 Å². The maximum absolute atomic E-state index is 12.1. The topological polar surface area (TPSA) is 97.3 Å². The van der Waals surface area contributed by atoms with Crippen LogP contribution in [0.5, 0.6) is 5.75 Å². The number of phenols is 1. The number of morpholine rings is 1. The van der Waals surface area contributed by atoms with Crippen LogP contribution in [0.3, 0.4) is 0 Å². The summed E-state index contributed by atoms with van der Waals surface area (Å²) < 4.78 is 15.4. The van der Waals surface area contributed by atoms with E-state index in [1.807, 2.05) is 11.0 Å². The first-order valence-electron chi connectivity index (χ1n) is 8.91. The van der Waals surface area contributed by atoms with Crippen molar-refractivity contribution >= 4 is 17.7 Å². The summed E-state index contributed by atoms with van der Waals surface area (Å²) in [5.74, 6) is -0.405.